The van der Waals surface area contributed by atoms with Gasteiger partial charge in [-0.15, -0.1) is 5.10 Å². The molecule has 27 heteroatoms. The van der Waals surface area contributed by atoms with Gasteiger partial charge in [-0.2, -0.15) is 9.90 Å². The van der Waals surface area contributed by atoms with Crippen molar-refractivity contribution in [2.45, 2.75) is 149 Å². The Hall–Kier alpha value is -7.10. The van der Waals surface area contributed by atoms with E-state index in [9.17, 15) is 47.9 Å². The average Bonchev–Trinajstić information content (AvgIpc) is 3.75. The molecule has 0 aliphatic carbocycles. The van der Waals surface area contributed by atoms with E-state index < -0.39 is 159 Å². The van der Waals surface area contributed by atoms with Crippen molar-refractivity contribution in [3.63, 3.8) is 0 Å². The molecule has 2 aromatic rings. The molecule has 8 unspecified atom stereocenters. The first-order chi connectivity index (χ1) is 33.4. The van der Waals surface area contributed by atoms with Gasteiger partial charge in [0.1, 0.15) is 49.9 Å². The highest BCUT2D eigenvalue weighted by atomic mass is 16.8. The smallest absolute Gasteiger partial charge is 0.303 e. The van der Waals surface area contributed by atoms with Gasteiger partial charge < -0.3 is 66.3 Å². The van der Waals surface area contributed by atoms with E-state index in [4.69, 9.17) is 66.3 Å². The largest absolute Gasteiger partial charge is 0.463 e. The van der Waals surface area contributed by atoms with Crippen LogP contribution in [0.1, 0.15) is 81.0 Å². The van der Waals surface area contributed by atoms with E-state index in [2.05, 4.69) is 10.2 Å². The first-order valence-corrected chi connectivity index (χ1v) is 21.6. The summed E-state index contributed by atoms with van der Waals surface area (Å²) >= 11 is 0. The average molecular weight is 1010 g/mol. The van der Waals surface area contributed by atoms with Gasteiger partial charge in [-0.3, -0.25) is 47.9 Å². The van der Waals surface area contributed by atoms with E-state index in [1.165, 1.54) is 6.20 Å². The van der Waals surface area contributed by atoms with Crippen LogP contribution in [0.5, 0.6) is 0 Å². The van der Waals surface area contributed by atoms with Crippen LogP contribution in [0.2, 0.25) is 0 Å². The summed E-state index contributed by atoms with van der Waals surface area (Å²) in [4.78, 5) is 127. The van der Waals surface area contributed by atoms with Gasteiger partial charge in [-0.25, -0.2) is 0 Å². The minimum atomic E-state index is -2.07. The molecule has 1 aromatic heterocycles. The van der Waals surface area contributed by atoms with Gasteiger partial charge in [0, 0.05) is 69.2 Å². The van der Waals surface area contributed by atoms with Crippen molar-refractivity contribution < 1.29 is 114 Å². The van der Waals surface area contributed by atoms with Crippen LogP contribution in [-0.4, -0.2) is 168 Å². The van der Waals surface area contributed by atoms with E-state index in [0.717, 1.165) is 74.0 Å². The minimum absolute atomic E-state index is 0.147. The highest BCUT2D eigenvalue weighted by molar-refractivity contribution is 5.70. The molecule has 1 aromatic carbocycles. The summed E-state index contributed by atoms with van der Waals surface area (Å²) in [6.07, 6.45) is -22.6. The zero-order chi connectivity index (χ0) is 52.7. The van der Waals surface area contributed by atoms with E-state index >= 15 is 0 Å². The molecular formula is C44H55N3O24. The Bertz CT molecular complexity index is 2230. The summed E-state index contributed by atoms with van der Waals surface area (Å²) in [6.45, 7) is 7.75. The Kier molecular flexibility index (Phi) is 20.8. The van der Waals surface area contributed by atoms with Gasteiger partial charge in [0.25, 0.3) is 0 Å². The van der Waals surface area contributed by atoms with E-state index in [1.807, 2.05) is 0 Å². The van der Waals surface area contributed by atoms with Crippen LogP contribution < -0.4 is 0 Å². The molecule has 390 valence electrons. The Morgan fingerprint density at radius 3 is 1.46 bits per heavy atom. The molecule has 0 saturated carbocycles. The number of rotatable bonds is 21. The fourth-order valence-corrected chi connectivity index (χ4v) is 7.26. The predicted molar refractivity (Wildman–Crippen MR) is 226 cm³/mol. The second-order valence-corrected chi connectivity index (χ2v) is 15.6. The number of benzene rings is 1. The second kappa shape index (κ2) is 26.2. The molecule has 0 spiro atoms. The Labute approximate surface area is 405 Å². The lowest BCUT2D eigenvalue weighted by atomic mass is 9.95. The Balaban J connectivity index is 1.96. The third-order valence-electron chi connectivity index (χ3n) is 9.69. The molecule has 2 aliphatic rings. The number of hydrogen-bond donors (Lipinski definition) is 0. The number of aromatic nitrogens is 3. The predicted octanol–water partition coefficient (Wildman–Crippen LogP) is 0.371. The van der Waals surface area contributed by atoms with Crippen molar-refractivity contribution in [1.29, 1.82) is 0 Å². The minimum Gasteiger partial charge on any atom is -0.463 e. The molecular weight excluding hydrogens is 954 g/mol. The molecule has 4 rings (SSSR count). The van der Waals surface area contributed by atoms with Crippen LogP contribution in [0.4, 0.5) is 0 Å². The zero-order valence-corrected chi connectivity index (χ0v) is 40.2. The summed E-state index contributed by atoms with van der Waals surface area (Å²) < 4.78 is 80.5. The van der Waals surface area contributed by atoms with E-state index in [-0.39, 0.29) is 5.69 Å². The number of nitrogens with zero attached hydrogens (tertiary/aromatic N) is 3. The SMILES string of the molecule is CC(=O)OCC(OC(C)=O)C(O[C@@H]1O[C@H](COC(C)=O)[C@@H](OC2OC(COC(C)=O)C(OC(C)=O)C(OC(C)=O)C2OC(C)=O)[C@H](OC(C)=O)[C@H]1OC(C)=O)C(OC(C)=O)c1cnn(-c2ccccc2)n1. The van der Waals surface area contributed by atoms with Gasteiger partial charge in [0.2, 0.25) is 0 Å². The van der Waals surface area contributed by atoms with Crippen molar-refractivity contribution in [2.24, 2.45) is 0 Å². The van der Waals surface area contributed by atoms with Gasteiger partial charge in [0.15, 0.2) is 55.3 Å². The van der Waals surface area contributed by atoms with E-state index in [1.54, 1.807) is 30.3 Å². The van der Waals surface area contributed by atoms with Crippen molar-refractivity contribution in [2.75, 3.05) is 19.8 Å². The first-order valence-electron chi connectivity index (χ1n) is 21.6. The van der Waals surface area contributed by atoms with Crippen LogP contribution in [0, 0.1) is 0 Å². The summed E-state index contributed by atoms with van der Waals surface area (Å²) in [5.41, 5.74) is 0.298. The van der Waals surface area contributed by atoms with Gasteiger partial charge in [0.05, 0.1) is 11.9 Å². The number of ether oxygens (including phenoxy) is 14. The van der Waals surface area contributed by atoms with Crippen LogP contribution in [0.25, 0.3) is 5.69 Å². The maximum absolute atomic E-state index is 13.1. The van der Waals surface area contributed by atoms with Crippen molar-refractivity contribution >= 4 is 59.7 Å². The molecule has 0 bridgehead atoms. The lowest BCUT2D eigenvalue weighted by Gasteiger charge is -2.49. The number of esters is 10. The van der Waals surface area contributed by atoms with Crippen LogP contribution in [-0.2, 0) is 114 Å². The maximum Gasteiger partial charge on any atom is 0.303 e. The monoisotopic (exact) mass is 1010 g/mol. The Morgan fingerprint density at radius 2 is 0.972 bits per heavy atom. The number of carbonyl (C=O) groups excluding carboxylic acids is 10. The van der Waals surface area contributed by atoms with E-state index in [0.29, 0.717) is 5.69 Å². The molecule has 27 nitrogen and oxygen atoms in total. The fraction of sp³-hybridized carbons (Fsp3) is 0.591. The fourth-order valence-electron chi connectivity index (χ4n) is 7.26. The molecule has 2 aliphatic heterocycles. The van der Waals surface area contributed by atoms with Gasteiger partial charge >= 0.3 is 59.7 Å². The van der Waals surface area contributed by atoms with Crippen molar-refractivity contribution in [3.05, 3.63) is 42.2 Å². The number of para-hydroxylation sites is 1. The molecule has 13 atom stereocenters. The zero-order valence-electron chi connectivity index (χ0n) is 40.2. The maximum atomic E-state index is 13.1. The molecule has 0 amide bonds. The van der Waals surface area contributed by atoms with Gasteiger partial charge in [-0.1, -0.05) is 18.2 Å². The molecule has 0 N–H and O–H groups in total. The molecule has 0 radical (unpaired) electrons. The standard InChI is InChI=1S/C44H55N3O24/c1-20(48)58-17-32(61-23(4)51)36(35(62-24(5)52)31-16-45-47(46-31)30-14-12-11-13-15-30)70-43-42(67-29(10)57)40(65-27(8)55)38(34(69-43)19-60-22(3)50)71-44-41(66-28(9)56)39(64-26(7)54)37(63-25(6)53)33(68-44)18-59-21(2)49/h11-16,32-44H,17-19H2,1-10H3/t32?,33?,34-,35?,36?,37?,38-,39?,40+,41?,42-,43+,44?/m1/s1. The van der Waals surface area contributed by atoms with Crippen molar-refractivity contribution in [1.82, 2.24) is 15.0 Å². The number of hydrogen-bond acceptors (Lipinski definition) is 26. The quantitative estimate of drug-likeness (QED) is 0.120. The molecule has 3 heterocycles. The second-order valence-electron chi connectivity index (χ2n) is 15.6. The molecule has 71 heavy (non-hydrogen) atoms. The van der Waals surface area contributed by atoms with Crippen LogP contribution >= 0.6 is 0 Å². The molecule has 2 saturated heterocycles. The van der Waals surface area contributed by atoms with Crippen molar-refractivity contribution in [3.8, 4) is 5.69 Å². The summed E-state index contributed by atoms with van der Waals surface area (Å²) in [7, 11) is 0. The first kappa shape index (κ1) is 56.5. The summed E-state index contributed by atoms with van der Waals surface area (Å²) in [6, 6.07) is 8.42. The summed E-state index contributed by atoms with van der Waals surface area (Å²) in [5.74, 6) is -9.55. The van der Waals surface area contributed by atoms with Crippen LogP contribution in [0.15, 0.2) is 36.5 Å². The third kappa shape index (κ3) is 17.1. The lowest BCUT2D eigenvalue weighted by Crippen LogP contribution is -2.67. The highest BCUT2D eigenvalue weighted by Gasteiger charge is 2.58. The number of carbonyl (C=O) groups is 10. The summed E-state index contributed by atoms with van der Waals surface area (Å²) in [5, 5.41) is 8.73. The van der Waals surface area contributed by atoms with Crippen LogP contribution in [0.3, 0.4) is 0 Å². The van der Waals surface area contributed by atoms with Gasteiger partial charge in [-0.05, 0) is 12.1 Å². The lowest BCUT2D eigenvalue weighted by molar-refractivity contribution is -0.368. The topological polar surface area (TPSA) is 331 Å². The highest BCUT2D eigenvalue weighted by Crippen LogP contribution is 2.38. The third-order valence-corrected chi connectivity index (χ3v) is 9.69. The Morgan fingerprint density at radius 1 is 0.521 bits per heavy atom. The molecule has 2 fully saturated rings. The normalized spacial score (nSPS) is 25.0.